The maximum atomic E-state index is 12.5. The van der Waals surface area contributed by atoms with E-state index in [1.807, 2.05) is 31.2 Å². The van der Waals surface area contributed by atoms with Crippen molar-refractivity contribution in [2.24, 2.45) is 0 Å². The number of aromatic nitrogens is 1. The first kappa shape index (κ1) is 21.2. The maximum Gasteiger partial charge on any atom is 0.251 e. The molecule has 1 aromatic heterocycles. The summed E-state index contributed by atoms with van der Waals surface area (Å²) in [6, 6.07) is 19.8. The molecule has 0 fully saturated rings. The number of rotatable bonds is 7. The van der Waals surface area contributed by atoms with Gasteiger partial charge in [-0.3, -0.25) is 9.78 Å². The molecule has 152 valence electrons. The second-order valence-electron chi connectivity index (χ2n) is 6.58. The number of sulfonamides is 1. The molecule has 0 spiro atoms. The standard InChI is InChI=1S/C22H20N4O3S/c1-16(20-7-4-5-13-24-20)26-22(27)18-11-9-17(10-12-18)15-25-30(28,29)21-8-3-2-6-19(21)14-23/h2-13,16,25H,15H2,1H3,(H,26,27)/t16-/m0/s1. The van der Waals surface area contributed by atoms with Gasteiger partial charge < -0.3 is 5.32 Å². The minimum absolute atomic E-state index is 0.0360. The zero-order valence-electron chi connectivity index (χ0n) is 16.2. The van der Waals surface area contributed by atoms with Crippen LogP contribution in [0.1, 0.15) is 40.1 Å². The van der Waals surface area contributed by atoms with Crippen molar-refractivity contribution in [1.29, 1.82) is 5.26 Å². The molecule has 0 saturated carbocycles. The van der Waals surface area contributed by atoms with E-state index in [2.05, 4.69) is 15.0 Å². The van der Waals surface area contributed by atoms with Crippen LogP contribution in [0.15, 0.2) is 77.8 Å². The lowest BCUT2D eigenvalue weighted by atomic mass is 10.1. The number of pyridine rings is 1. The molecule has 1 atom stereocenters. The van der Waals surface area contributed by atoms with Gasteiger partial charge in [-0.2, -0.15) is 5.26 Å². The van der Waals surface area contributed by atoms with Crippen molar-refractivity contribution >= 4 is 15.9 Å². The average Bonchev–Trinajstić information content (AvgIpc) is 2.78. The molecule has 0 aliphatic heterocycles. The highest BCUT2D eigenvalue weighted by Crippen LogP contribution is 2.15. The predicted octanol–water partition coefficient (Wildman–Crippen LogP) is 2.92. The Bertz CT molecular complexity index is 1170. The Kier molecular flexibility index (Phi) is 6.57. The number of nitrogens with zero attached hydrogens (tertiary/aromatic N) is 2. The first-order valence-electron chi connectivity index (χ1n) is 9.20. The molecule has 0 unspecified atom stereocenters. The van der Waals surface area contributed by atoms with E-state index in [9.17, 15) is 13.2 Å². The molecular formula is C22H20N4O3S. The van der Waals surface area contributed by atoms with E-state index in [0.29, 0.717) is 11.1 Å². The molecule has 1 amide bonds. The van der Waals surface area contributed by atoms with Crippen molar-refractivity contribution in [3.05, 3.63) is 95.3 Å². The van der Waals surface area contributed by atoms with E-state index in [0.717, 1.165) is 5.69 Å². The summed E-state index contributed by atoms with van der Waals surface area (Å²) in [5.41, 5.74) is 1.98. The normalized spacial score (nSPS) is 12.0. The van der Waals surface area contributed by atoms with E-state index in [1.54, 1.807) is 42.6 Å². The number of hydrogen-bond donors (Lipinski definition) is 2. The summed E-state index contributed by atoms with van der Waals surface area (Å²) in [5.74, 6) is -0.247. The molecule has 0 aliphatic rings. The van der Waals surface area contributed by atoms with E-state index < -0.39 is 10.0 Å². The summed E-state index contributed by atoms with van der Waals surface area (Å²) in [4.78, 5) is 16.6. The van der Waals surface area contributed by atoms with Crippen molar-refractivity contribution in [3.63, 3.8) is 0 Å². The van der Waals surface area contributed by atoms with Crippen LogP contribution in [0.3, 0.4) is 0 Å². The van der Waals surface area contributed by atoms with Gasteiger partial charge in [0.2, 0.25) is 10.0 Å². The Morgan fingerprint density at radius 3 is 2.43 bits per heavy atom. The summed E-state index contributed by atoms with van der Waals surface area (Å²) < 4.78 is 27.4. The first-order chi connectivity index (χ1) is 14.4. The number of carbonyl (C=O) groups is 1. The second kappa shape index (κ2) is 9.31. The molecule has 0 saturated heterocycles. The molecule has 0 radical (unpaired) electrons. The molecular weight excluding hydrogens is 400 g/mol. The van der Waals surface area contributed by atoms with Gasteiger partial charge in [-0.25, -0.2) is 13.1 Å². The van der Waals surface area contributed by atoms with Crippen LogP contribution in [0.5, 0.6) is 0 Å². The Balaban J connectivity index is 1.63. The molecule has 30 heavy (non-hydrogen) atoms. The van der Waals surface area contributed by atoms with Gasteiger partial charge in [0, 0.05) is 18.3 Å². The Morgan fingerprint density at radius 2 is 1.77 bits per heavy atom. The number of nitriles is 1. The molecule has 8 heteroatoms. The molecule has 0 bridgehead atoms. The Morgan fingerprint density at radius 1 is 1.07 bits per heavy atom. The van der Waals surface area contributed by atoms with Gasteiger partial charge in [-0.05, 0) is 48.9 Å². The Hall–Kier alpha value is -3.54. The van der Waals surface area contributed by atoms with Gasteiger partial charge in [0.25, 0.3) is 5.91 Å². The smallest absolute Gasteiger partial charge is 0.251 e. The second-order valence-corrected chi connectivity index (χ2v) is 8.31. The highest BCUT2D eigenvalue weighted by molar-refractivity contribution is 7.89. The van der Waals surface area contributed by atoms with E-state index in [4.69, 9.17) is 5.26 Å². The van der Waals surface area contributed by atoms with E-state index >= 15 is 0 Å². The number of amides is 1. The van der Waals surface area contributed by atoms with Crippen molar-refractivity contribution in [1.82, 2.24) is 15.0 Å². The summed E-state index contributed by atoms with van der Waals surface area (Å²) in [5, 5.41) is 12.0. The topological polar surface area (TPSA) is 112 Å². The molecule has 2 N–H and O–H groups in total. The van der Waals surface area contributed by atoms with Crippen LogP contribution < -0.4 is 10.0 Å². The highest BCUT2D eigenvalue weighted by Gasteiger charge is 2.18. The lowest BCUT2D eigenvalue weighted by Crippen LogP contribution is -2.27. The number of benzene rings is 2. The van der Waals surface area contributed by atoms with Gasteiger partial charge >= 0.3 is 0 Å². The summed E-state index contributed by atoms with van der Waals surface area (Å²) >= 11 is 0. The van der Waals surface area contributed by atoms with Gasteiger partial charge in [0.1, 0.15) is 6.07 Å². The zero-order chi connectivity index (χ0) is 21.6. The fourth-order valence-corrected chi connectivity index (χ4v) is 3.98. The van der Waals surface area contributed by atoms with Crippen LogP contribution in [-0.2, 0) is 16.6 Å². The van der Waals surface area contributed by atoms with Gasteiger partial charge in [-0.15, -0.1) is 0 Å². The minimum atomic E-state index is -3.83. The SMILES string of the molecule is C[C@H](NC(=O)c1ccc(CNS(=O)(=O)c2ccccc2C#N)cc1)c1ccccn1. The number of hydrogen-bond acceptors (Lipinski definition) is 5. The number of carbonyl (C=O) groups excluding carboxylic acids is 1. The van der Waals surface area contributed by atoms with Gasteiger partial charge in [-0.1, -0.05) is 30.3 Å². The molecule has 3 aromatic rings. The summed E-state index contributed by atoms with van der Waals surface area (Å²) in [7, 11) is -3.83. The first-order valence-corrected chi connectivity index (χ1v) is 10.7. The fourth-order valence-electron chi connectivity index (χ4n) is 2.81. The minimum Gasteiger partial charge on any atom is -0.344 e. The quantitative estimate of drug-likeness (QED) is 0.610. The van der Waals surface area contributed by atoms with E-state index in [-0.39, 0.29) is 29.0 Å². The molecule has 7 nitrogen and oxygen atoms in total. The third kappa shape index (κ3) is 5.08. The summed E-state index contributed by atoms with van der Waals surface area (Å²) in [6.45, 7) is 1.89. The van der Waals surface area contributed by atoms with E-state index in [1.165, 1.54) is 12.1 Å². The van der Waals surface area contributed by atoms with Crippen LogP contribution in [0, 0.1) is 11.3 Å². The Labute approximate surface area is 175 Å². The highest BCUT2D eigenvalue weighted by atomic mass is 32.2. The van der Waals surface area contributed by atoms with Crippen LogP contribution in [-0.4, -0.2) is 19.3 Å². The van der Waals surface area contributed by atoms with Crippen LogP contribution in [0.4, 0.5) is 0 Å². The molecule has 2 aromatic carbocycles. The lowest BCUT2D eigenvalue weighted by Gasteiger charge is -2.13. The van der Waals surface area contributed by atoms with Crippen molar-refractivity contribution in [2.75, 3.05) is 0 Å². The third-order valence-corrected chi connectivity index (χ3v) is 5.92. The molecule has 3 rings (SSSR count). The van der Waals surface area contributed by atoms with Crippen LogP contribution >= 0.6 is 0 Å². The van der Waals surface area contributed by atoms with Crippen molar-refractivity contribution in [3.8, 4) is 6.07 Å². The average molecular weight is 420 g/mol. The van der Waals surface area contributed by atoms with Crippen LogP contribution in [0.2, 0.25) is 0 Å². The third-order valence-electron chi connectivity index (χ3n) is 4.46. The van der Waals surface area contributed by atoms with Gasteiger partial charge in [0.05, 0.1) is 22.2 Å². The predicted molar refractivity (Wildman–Crippen MR) is 112 cm³/mol. The lowest BCUT2D eigenvalue weighted by molar-refractivity contribution is 0.0939. The summed E-state index contributed by atoms with van der Waals surface area (Å²) in [6.07, 6.45) is 1.67. The van der Waals surface area contributed by atoms with Crippen LogP contribution in [0.25, 0.3) is 0 Å². The van der Waals surface area contributed by atoms with Crippen molar-refractivity contribution in [2.45, 2.75) is 24.4 Å². The van der Waals surface area contributed by atoms with Gasteiger partial charge in [0.15, 0.2) is 0 Å². The zero-order valence-corrected chi connectivity index (χ0v) is 17.1. The molecule has 0 aliphatic carbocycles. The maximum absolute atomic E-state index is 12.5. The van der Waals surface area contributed by atoms with Crippen molar-refractivity contribution < 1.29 is 13.2 Å². The largest absolute Gasteiger partial charge is 0.344 e. The fraction of sp³-hybridized carbons (Fsp3) is 0.136. The number of nitrogens with one attached hydrogen (secondary N) is 2. The monoisotopic (exact) mass is 420 g/mol. The molecule has 1 heterocycles.